The summed E-state index contributed by atoms with van der Waals surface area (Å²) in [5, 5.41) is 0. The van der Waals surface area contributed by atoms with Gasteiger partial charge in [0.05, 0.1) is 24.7 Å². The van der Waals surface area contributed by atoms with Gasteiger partial charge in [0, 0.05) is 29.4 Å². The third kappa shape index (κ3) is 3.38. The number of hydrogen-bond donors (Lipinski definition) is 1. The van der Waals surface area contributed by atoms with Crippen LogP contribution in [0.15, 0.2) is 53.6 Å². The Bertz CT molecular complexity index is 946. The topological polar surface area (TPSA) is 83.0 Å². The summed E-state index contributed by atoms with van der Waals surface area (Å²) in [6.07, 6.45) is 3.33. The molecule has 1 aromatic carbocycles. The van der Waals surface area contributed by atoms with Crippen molar-refractivity contribution in [2.45, 2.75) is 19.9 Å². The molecule has 0 aliphatic carbocycles. The zero-order valence-electron chi connectivity index (χ0n) is 14.4. The van der Waals surface area contributed by atoms with Crippen molar-refractivity contribution in [2.24, 2.45) is 0 Å². The maximum Gasteiger partial charge on any atom is 0.250 e. The first-order valence-electron chi connectivity index (χ1n) is 7.99. The van der Waals surface area contributed by atoms with E-state index in [0.717, 1.165) is 16.9 Å². The molecule has 3 rings (SSSR count). The highest BCUT2D eigenvalue weighted by Gasteiger charge is 2.13. The first kappa shape index (κ1) is 16.7. The van der Waals surface area contributed by atoms with Crippen LogP contribution in [-0.4, -0.2) is 21.6 Å². The van der Waals surface area contributed by atoms with E-state index in [2.05, 4.69) is 9.97 Å². The van der Waals surface area contributed by atoms with Gasteiger partial charge in [-0.25, -0.2) is 4.98 Å². The number of nitrogens with zero attached hydrogens (tertiary/aromatic N) is 3. The van der Waals surface area contributed by atoms with Crippen molar-refractivity contribution in [3.63, 3.8) is 0 Å². The number of benzene rings is 1. The highest BCUT2D eigenvalue weighted by atomic mass is 16.5. The Labute approximate surface area is 145 Å². The number of pyridine rings is 1. The molecule has 0 bridgehead atoms. The molecule has 2 heterocycles. The van der Waals surface area contributed by atoms with Crippen molar-refractivity contribution in [1.29, 1.82) is 0 Å². The summed E-state index contributed by atoms with van der Waals surface area (Å²) in [6, 6.07) is 10.9. The summed E-state index contributed by atoms with van der Waals surface area (Å²) in [7, 11) is 1.62. The summed E-state index contributed by atoms with van der Waals surface area (Å²) < 4.78 is 6.87. The standard InChI is InChI=1S/C19H20N4O2/c1-12(2)23-11-14(6-9-17(23)24)18-19(22-16(20)10-21-18)13-4-7-15(25-3)8-5-13/h4-12H,1-3H3,(H2,20,22). The number of rotatable bonds is 4. The number of anilines is 1. The van der Waals surface area contributed by atoms with Crippen molar-refractivity contribution < 1.29 is 4.74 Å². The molecule has 128 valence electrons. The van der Waals surface area contributed by atoms with E-state index in [-0.39, 0.29) is 11.6 Å². The molecule has 0 radical (unpaired) electrons. The minimum Gasteiger partial charge on any atom is -0.497 e. The van der Waals surface area contributed by atoms with E-state index in [0.29, 0.717) is 17.2 Å². The molecule has 0 atom stereocenters. The third-order valence-electron chi connectivity index (χ3n) is 3.92. The first-order valence-corrected chi connectivity index (χ1v) is 7.99. The van der Waals surface area contributed by atoms with Crippen LogP contribution in [0.25, 0.3) is 22.5 Å². The quantitative estimate of drug-likeness (QED) is 0.791. The van der Waals surface area contributed by atoms with Crippen LogP contribution in [0.2, 0.25) is 0 Å². The fourth-order valence-corrected chi connectivity index (χ4v) is 2.61. The van der Waals surface area contributed by atoms with Crippen LogP contribution in [0, 0.1) is 0 Å². The Hall–Kier alpha value is -3.15. The van der Waals surface area contributed by atoms with Gasteiger partial charge in [0.1, 0.15) is 11.6 Å². The predicted octanol–water partition coefficient (Wildman–Crippen LogP) is 3.14. The lowest BCUT2D eigenvalue weighted by atomic mass is 10.0. The monoisotopic (exact) mass is 336 g/mol. The summed E-state index contributed by atoms with van der Waals surface area (Å²) in [5.41, 5.74) is 8.82. The van der Waals surface area contributed by atoms with Gasteiger partial charge in [-0.1, -0.05) is 0 Å². The van der Waals surface area contributed by atoms with E-state index in [1.165, 1.54) is 6.20 Å². The fraction of sp³-hybridized carbons (Fsp3) is 0.211. The number of aromatic nitrogens is 3. The van der Waals surface area contributed by atoms with E-state index >= 15 is 0 Å². The molecule has 0 saturated heterocycles. The minimum atomic E-state index is -0.0480. The van der Waals surface area contributed by atoms with Crippen LogP contribution < -0.4 is 16.0 Å². The van der Waals surface area contributed by atoms with Gasteiger partial charge in [0.2, 0.25) is 0 Å². The molecular formula is C19H20N4O2. The van der Waals surface area contributed by atoms with Crippen molar-refractivity contribution in [1.82, 2.24) is 14.5 Å². The lowest BCUT2D eigenvalue weighted by molar-refractivity contribution is 0.415. The van der Waals surface area contributed by atoms with Crippen LogP contribution in [0.1, 0.15) is 19.9 Å². The average molecular weight is 336 g/mol. The van der Waals surface area contributed by atoms with Gasteiger partial charge in [-0.3, -0.25) is 9.78 Å². The lowest BCUT2D eigenvalue weighted by Crippen LogP contribution is -2.20. The third-order valence-corrected chi connectivity index (χ3v) is 3.92. The number of nitrogens with two attached hydrogens (primary N) is 1. The van der Waals surface area contributed by atoms with Gasteiger partial charge in [0.25, 0.3) is 5.56 Å². The number of hydrogen-bond acceptors (Lipinski definition) is 5. The molecule has 6 heteroatoms. The van der Waals surface area contributed by atoms with Gasteiger partial charge >= 0.3 is 0 Å². The van der Waals surface area contributed by atoms with Crippen molar-refractivity contribution in [3.05, 3.63) is 59.1 Å². The number of nitrogen functional groups attached to an aromatic ring is 1. The van der Waals surface area contributed by atoms with E-state index in [4.69, 9.17) is 10.5 Å². The van der Waals surface area contributed by atoms with Gasteiger partial charge in [-0.05, 0) is 44.2 Å². The van der Waals surface area contributed by atoms with E-state index in [9.17, 15) is 4.79 Å². The maximum absolute atomic E-state index is 12.0. The van der Waals surface area contributed by atoms with E-state index < -0.39 is 0 Å². The van der Waals surface area contributed by atoms with Crippen LogP contribution in [0.5, 0.6) is 5.75 Å². The molecule has 0 spiro atoms. The highest BCUT2D eigenvalue weighted by Crippen LogP contribution is 2.30. The fourth-order valence-electron chi connectivity index (χ4n) is 2.61. The van der Waals surface area contributed by atoms with Crippen molar-refractivity contribution >= 4 is 5.82 Å². The Balaban J connectivity index is 2.17. The molecule has 0 aliphatic heterocycles. The molecule has 0 aliphatic rings. The molecule has 3 aromatic rings. The SMILES string of the molecule is COc1ccc(-c2nc(N)cnc2-c2ccc(=O)n(C(C)C)c2)cc1. The highest BCUT2D eigenvalue weighted by molar-refractivity contribution is 5.78. The Morgan fingerprint density at radius 1 is 1.04 bits per heavy atom. The molecule has 6 nitrogen and oxygen atoms in total. The zero-order valence-corrected chi connectivity index (χ0v) is 14.4. The minimum absolute atomic E-state index is 0.0480. The zero-order chi connectivity index (χ0) is 18.0. The normalized spacial score (nSPS) is 10.9. The second kappa shape index (κ2) is 6.76. The molecule has 2 N–H and O–H groups in total. The van der Waals surface area contributed by atoms with Crippen LogP contribution in [0.3, 0.4) is 0 Å². The van der Waals surface area contributed by atoms with Gasteiger partial charge < -0.3 is 15.0 Å². The molecule has 25 heavy (non-hydrogen) atoms. The summed E-state index contributed by atoms with van der Waals surface area (Å²) >= 11 is 0. The summed E-state index contributed by atoms with van der Waals surface area (Å²) in [4.78, 5) is 20.9. The van der Waals surface area contributed by atoms with E-state index in [1.54, 1.807) is 30.0 Å². The lowest BCUT2D eigenvalue weighted by Gasteiger charge is -2.13. The van der Waals surface area contributed by atoms with Gasteiger partial charge in [0.15, 0.2) is 0 Å². The average Bonchev–Trinajstić information content (AvgIpc) is 2.62. The van der Waals surface area contributed by atoms with Crippen molar-refractivity contribution in [2.75, 3.05) is 12.8 Å². The second-order valence-electron chi connectivity index (χ2n) is 5.98. The molecule has 0 fully saturated rings. The van der Waals surface area contributed by atoms with E-state index in [1.807, 2.05) is 38.1 Å². The Kier molecular flexibility index (Phi) is 4.52. The molecule has 0 saturated carbocycles. The molecular weight excluding hydrogens is 316 g/mol. The second-order valence-corrected chi connectivity index (χ2v) is 5.98. The number of ether oxygens (including phenoxy) is 1. The smallest absolute Gasteiger partial charge is 0.250 e. The summed E-state index contributed by atoms with van der Waals surface area (Å²) in [6.45, 7) is 3.93. The summed E-state index contributed by atoms with van der Waals surface area (Å²) in [5.74, 6) is 1.10. The molecule has 0 amide bonds. The largest absolute Gasteiger partial charge is 0.497 e. The van der Waals surface area contributed by atoms with Crippen LogP contribution >= 0.6 is 0 Å². The van der Waals surface area contributed by atoms with Crippen molar-refractivity contribution in [3.8, 4) is 28.3 Å². The molecule has 2 aromatic heterocycles. The van der Waals surface area contributed by atoms with Crippen LogP contribution in [0.4, 0.5) is 5.82 Å². The van der Waals surface area contributed by atoms with Crippen LogP contribution in [-0.2, 0) is 0 Å². The van der Waals surface area contributed by atoms with Gasteiger partial charge in [-0.15, -0.1) is 0 Å². The number of methoxy groups -OCH3 is 1. The van der Waals surface area contributed by atoms with Gasteiger partial charge in [-0.2, -0.15) is 0 Å². The Morgan fingerprint density at radius 3 is 2.36 bits per heavy atom. The maximum atomic E-state index is 12.0. The first-order chi connectivity index (χ1) is 12.0. The predicted molar refractivity (Wildman–Crippen MR) is 98.5 cm³/mol. The Morgan fingerprint density at radius 2 is 1.72 bits per heavy atom. The molecule has 0 unspecified atom stereocenters.